The van der Waals surface area contributed by atoms with Crippen LogP contribution >= 0.6 is 0 Å². The lowest BCUT2D eigenvalue weighted by Crippen LogP contribution is -2.52. The molecule has 0 aromatic carbocycles. The van der Waals surface area contributed by atoms with Gasteiger partial charge in [-0.1, -0.05) is 6.92 Å². The van der Waals surface area contributed by atoms with Gasteiger partial charge in [0.1, 0.15) is 0 Å². The molecule has 0 bridgehead atoms. The Morgan fingerprint density at radius 2 is 1.60 bits per heavy atom. The van der Waals surface area contributed by atoms with Gasteiger partial charge in [0.05, 0.1) is 0 Å². The molecule has 1 fully saturated rings. The molecule has 0 saturated carbocycles. The van der Waals surface area contributed by atoms with Crippen LogP contribution in [0.4, 0.5) is 4.79 Å². The second-order valence-electron chi connectivity index (χ2n) is 4.74. The summed E-state index contributed by atoms with van der Waals surface area (Å²) in [6, 6.07) is -0.469. The third-order valence-corrected chi connectivity index (χ3v) is 3.55. The van der Waals surface area contributed by atoms with Gasteiger partial charge in [-0.2, -0.15) is 0 Å². The Morgan fingerprint density at radius 1 is 1.05 bits per heavy atom. The molecule has 0 aromatic rings. The molecule has 1 saturated heterocycles. The molecule has 0 atom stereocenters. The van der Waals surface area contributed by atoms with Crippen LogP contribution in [0, 0.1) is 0 Å². The van der Waals surface area contributed by atoms with Crippen molar-refractivity contribution in [3.05, 3.63) is 11.1 Å². The number of piperazine rings is 1. The van der Waals surface area contributed by atoms with E-state index < -0.39 is 17.9 Å². The molecule has 3 amide bonds. The summed E-state index contributed by atoms with van der Waals surface area (Å²) >= 11 is 0. The number of aliphatic carboxylic acids is 1. The van der Waals surface area contributed by atoms with Crippen molar-refractivity contribution < 1.29 is 19.5 Å². The van der Waals surface area contributed by atoms with Crippen molar-refractivity contribution in [3.8, 4) is 0 Å². The zero-order chi connectivity index (χ0) is 15.3. The Kier molecular flexibility index (Phi) is 5.69. The molecule has 7 heteroatoms. The highest BCUT2D eigenvalue weighted by atomic mass is 16.4. The summed E-state index contributed by atoms with van der Waals surface area (Å²) in [6.45, 7) is 8.41. The first-order chi connectivity index (χ1) is 9.36. The standard InChI is InChI=1S/C13H21N3O4/c1-4-15-5-7-16(8-6-15)13(20)14-11(17)9(2)10(3)12(18)19/h4-8H2,1-3H3,(H,18,19)(H,14,17,20). The van der Waals surface area contributed by atoms with E-state index in [1.54, 1.807) is 4.90 Å². The van der Waals surface area contributed by atoms with Gasteiger partial charge in [-0.05, 0) is 20.4 Å². The minimum atomic E-state index is -1.17. The molecule has 1 heterocycles. The number of carbonyl (C=O) groups is 3. The minimum absolute atomic E-state index is 0.0399. The highest BCUT2D eigenvalue weighted by Crippen LogP contribution is 2.05. The fourth-order valence-corrected chi connectivity index (χ4v) is 1.87. The number of hydrogen-bond donors (Lipinski definition) is 2. The Bertz CT molecular complexity index is 437. The Morgan fingerprint density at radius 3 is 2.05 bits per heavy atom. The number of carboxylic acids is 1. The van der Waals surface area contributed by atoms with E-state index in [0.29, 0.717) is 13.1 Å². The Labute approximate surface area is 118 Å². The number of rotatable bonds is 3. The zero-order valence-corrected chi connectivity index (χ0v) is 12.1. The van der Waals surface area contributed by atoms with Gasteiger partial charge in [-0.3, -0.25) is 10.1 Å². The summed E-state index contributed by atoms with van der Waals surface area (Å²) in [4.78, 5) is 38.2. The van der Waals surface area contributed by atoms with E-state index in [4.69, 9.17) is 5.11 Å². The number of likely N-dealkylation sites (N-methyl/N-ethyl adjacent to an activating group) is 1. The summed E-state index contributed by atoms with van der Waals surface area (Å²) in [5, 5.41) is 11.0. The predicted octanol–water partition coefficient (Wildman–Crippen LogP) is 0.281. The van der Waals surface area contributed by atoms with Gasteiger partial charge in [0.15, 0.2) is 0 Å². The maximum absolute atomic E-state index is 11.9. The lowest BCUT2D eigenvalue weighted by molar-refractivity contribution is -0.133. The van der Waals surface area contributed by atoms with Crippen LogP contribution in [0.2, 0.25) is 0 Å². The highest BCUT2D eigenvalue weighted by Gasteiger charge is 2.22. The first-order valence-electron chi connectivity index (χ1n) is 6.60. The van der Waals surface area contributed by atoms with Crippen LogP contribution in [-0.4, -0.2) is 65.5 Å². The number of nitrogens with zero attached hydrogens (tertiary/aromatic N) is 2. The number of hydrogen-bond acceptors (Lipinski definition) is 4. The van der Waals surface area contributed by atoms with Crippen molar-refractivity contribution in [1.29, 1.82) is 0 Å². The van der Waals surface area contributed by atoms with Crippen molar-refractivity contribution in [1.82, 2.24) is 15.1 Å². The van der Waals surface area contributed by atoms with Crippen LogP contribution < -0.4 is 5.32 Å². The fraction of sp³-hybridized carbons (Fsp3) is 0.615. The molecule has 2 N–H and O–H groups in total. The van der Waals surface area contributed by atoms with Gasteiger partial charge >= 0.3 is 12.0 Å². The van der Waals surface area contributed by atoms with Crippen LogP contribution in [0.15, 0.2) is 11.1 Å². The second kappa shape index (κ2) is 7.04. The largest absolute Gasteiger partial charge is 0.478 e. The van der Waals surface area contributed by atoms with Crippen LogP contribution in [-0.2, 0) is 9.59 Å². The van der Waals surface area contributed by atoms with Crippen molar-refractivity contribution in [3.63, 3.8) is 0 Å². The monoisotopic (exact) mass is 283 g/mol. The molecule has 1 aliphatic rings. The van der Waals surface area contributed by atoms with Gasteiger partial charge in [0.2, 0.25) is 0 Å². The molecule has 20 heavy (non-hydrogen) atoms. The molecule has 112 valence electrons. The number of carbonyl (C=O) groups excluding carboxylic acids is 2. The molecule has 7 nitrogen and oxygen atoms in total. The quantitative estimate of drug-likeness (QED) is 0.726. The van der Waals surface area contributed by atoms with Gasteiger partial charge in [0, 0.05) is 37.3 Å². The lowest BCUT2D eigenvalue weighted by Gasteiger charge is -2.33. The number of amides is 3. The molecular formula is C13H21N3O4. The third-order valence-electron chi connectivity index (χ3n) is 3.55. The third kappa shape index (κ3) is 4.06. The first kappa shape index (κ1) is 16.2. The van der Waals surface area contributed by atoms with Gasteiger partial charge in [-0.25, -0.2) is 9.59 Å². The smallest absolute Gasteiger partial charge is 0.331 e. The fourth-order valence-electron chi connectivity index (χ4n) is 1.87. The van der Waals surface area contributed by atoms with E-state index >= 15 is 0 Å². The Balaban J connectivity index is 2.57. The number of urea groups is 1. The molecule has 0 spiro atoms. The van der Waals surface area contributed by atoms with Gasteiger partial charge in [-0.15, -0.1) is 0 Å². The SMILES string of the molecule is CCN1CCN(C(=O)NC(=O)C(C)=C(C)C(=O)O)CC1. The van der Waals surface area contributed by atoms with Gasteiger partial charge < -0.3 is 14.9 Å². The molecule has 1 rings (SSSR count). The van der Waals surface area contributed by atoms with Crippen LogP contribution in [0.3, 0.4) is 0 Å². The topological polar surface area (TPSA) is 90.0 Å². The zero-order valence-electron chi connectivity index (χ0n) is 12.1. The van der Waals surface area contributed by atoms with E-state index in [2.05, 4.69) is 17.1 Å². The summed E-state index contributed by atoms with van der Waals surface area (Å²) in [7, 11) is 0. The average Bonchev–Trinajstić information content (AvgIpc) is 2.45. The lowest BCUT2D eigenvalue weighted by atomic mass is 10.1. The molecule has 0 radical (unpaired) electrons. The van der Waals surface area contributed by atoms with E-state index in [1.165, 1.54) is 13.8 Å². The molecule has 1 aliphatic heterocycles. The average molecular weight is 283 g/mol. The van der Waals surface area contributed by atoms with Crippen LogP contribution in [0.1, 0.15) is 20.8 Å². The van der Waals surface area contributed by atoms with Crippen molar-refractivity contribution in [2.75, 3.05) is 32.7 Å². The molecular weight excluding hydrogens is 262 g/mol. The van der Waals surface area contributed by atoms with Crippen LogP contribution in [0.5, 0.6) is 0 Å². The van der Waals surface area contributed by atoms with E-state index in [1.807, 2.05) is 0 Å². The molecule has 0 unspecified atom stereocenters. The number of imide groups is 1. The number of carboxylic acid groups (broad SMARTS) is 1. The normalized spacial score (nSPS) is 17.4. The van der Waals surface area contributed by atoms with Gasteiger partial charge in [0.25, 0.3) is 5.91 Å². The Hall–Kier alpha value is -1.89. The highest BCUT2D eigenvalue weighted by molar-refractivity contribution is 6.07. The van der Waals surface area contributed by atoms with Crippen molar-refractivity contribution >= 4 is 17.9 Å². The molecule has 0 aromatic heterocycles. The maximum atomic E-state index is 11.9. The first-order valence-corrected chi connectivity index (χ1v) is 6.60. The van der Waals surface area contributed by atoms with Crippen molar-refractivity contribution in [2.45, 2.75) is 20.8 Å². The summed E-state index contributed by atoms with van der Waals surface area (Å²) in [5.41, 5.74) is -0.0239. The van der Waals surface area contributed by atoms with Crippen molar-refractivity contribution in [2.24, 2.45) is 0 Å². The molecule has 0 aliphatic carbocycles. The van der Waals surface area contributed by atoms with E-state index in [0.717, 1.165) is 19.6 Å². The summed E-state index contributed by atoms with van der Waals surface area (Å²) < 4.78 is 0. The van der Waals surface area contributed by atoms with E-state index in [-0.39, 0.29) is 11.1 Å². The summed E-state index contributed by atoms with van der Waals surface area (Å²) in [5.74, 6) is -1.82. The summed E-state index contributed by atoms with van der Waals surface area (Å²) in [6.07, 6.45) is 0. The maximum Gasteiger partial charge on any atom is 0.331 e. The van der Waals surface area contributed by atoms with Crippen LogP contribution in [0.25, 0.3) is 0 Å². The minimum Gasteiger partial charge on any atom is -0.478 e. The van der Waals surface area contributed by atoms with E-state index in [9.17, 15) is 14.4 Å². The predicted molar refractivity (Wildman–Crippen MR) is 73.2 cm³/mol. The second-order valence-corrected chi connectivity index (χ2v) is 4.74. The number of nitrogens with one attached hydrogen (secondary N) is 1.